The number of aliphatic hydroxyl groups is 6. The van der Waals surface area contributed by atoms with Crippen molar-refractivity contribution in [3.8, 4) is 0 Å². The molecule has 1 aliphatic rings. The molecule has 1 rings (SSSR count). The molecule has 10 nitrogen and oxygen atoms in total. The van der Waals surface area contributed by atoms with Gasteiger partial charge in [0.25, 0.3) is 0 Å². The summed E-state index contributed by atoms with van der Waals surface area (Å²) in [5.41, 5.74) is 0. The number of carbonyl (C=O) groups is 1. The van der Waals surface area contributed by atoms with Gasteiger partial charge in [-0.25, -0.2) is 0 Å². The van der Waals surface area contributed by atoms with Crippen LogP contribution in [0.4, 0.5) is 0 Å². The van der Waals surface area contributed by atoms with Gasteiger partial charge < -0.3 is 45.4 Å². The van der Waals surface area contributed by atoms with Gasteiger partial charge in [0.2, 0.25) is 5.91 Å². The Balaban J connectivity index is 2.35. The van der Waals surface area contributed by atoms with Crippen molar-refractivity contribution in [2.24, 2.45) is 0 Å². The summed E-state index contributed by atoms with van der Waals surface area (Å²) < 4.78 is 11.1. The third-order valence-corrected chi connectivity index (χ3v) is 12.2. The summed E-state index contributed by atoms with van der Waals surface area (Å²) in [7, 11) is 0. The van der Waals surface area contributed by atoms with Gasteiger partial charge in [0.05, 0.1) is 25.4 Å². The minimum atomic E-state index is -1.62. The molecule has 0 aromatic carbocycles. The van der Waals surface area contributed by atoms with E-state index in [9.17, 15) is 35.4 Å². The second-order valence-corrected chi connectivity index (χ2v) is 18.1. The highest BCUT2D eigenvalue weighted by molar-refractivity contribution is 5.80. The van der Waals surface area contributed by atoms with E-state index in [-0.39, 0.29) is 6.61 Å². The molecule has 10 heteroatoms. The van der Waals surface area contributed by atoms with E-state index in [0.717, 1.165) is 57.8 Å². The van der Waals surface area contributed by atoms with Crippen molar-refractivity contribution in [1.29, 1.82) is 0 Å². The van der Waals surface area contributed by atoms with Crippen LogP contribution in [0.15, 0.2) is 60.8 Å². The van der Waals surface area contributed by atoms with Crippen LogP contribution in [0.1, 0.15) is 213 Å². The first-order valence-electron chi connectivity index (χ1n) is 26.1. The molecule has 372 valence electrons. The van der Waals surface area contributed by atoms with Crippen LogP contribution in [0.3, 0.4) is 0 Å². The number of rotatable bonds is 43. The number of nitrogens with one attached hydrogen (secondary N) is 1. The maximum atomic E-state index is 13.1. The zero-order chi connectivity index (χ0) is 46.7. The van der Waals surface area contributed by atoms with E-state index < -0.39 is 61.5 Å². The van der Waals surface area contributed by atoms with Crippen LogP contribution in [0.5, 0.6) is 0 Å². The van der Waals surface area contributed by atoms with Gasteiger partial charge in [-0.15, -0.1) is 0 Å². The fraction of sp³-hybridized carbons (Fsp3) is 0.796. The third-order valence-electron chi connectivity index (χ3n) is 12.2. The predicted molar refractivity (Wildman–Crippen MR) is 264 cm³/mol. The van der Waals surface area contributed by atoms with Crippen molar-refractivity contribution < 1.29 is 44.9 Å². The molecule has 0 aromatic rings. The average molecular weight is 904 g/mol. The molecular weight excluding hydrogens is 807 g/mol. The molecule has 1 amide bonds. The van der Waals surface area contributed by atoms with Crippen LogP contribution in [0.2, 0.25) is 0 Å². The standard InChI is InChI=1S/C54H97NO9/c1-3-5-7-9-11-13-15-17-19-20-21-22-23-24-25-26-27-29-31-33-35-37-39-41-43-48(58)53(62)55-46(45-63-54-52(61)51(60)50(59)49(44-56)64-54)47(57)42-40-38-36-34-32-30-28-18-16-14-12-10-8-6-4-2/h16,18,21-22,24-25,32,34,40,42,46-52,54,56-61H,3-15,17,19-20,23,26-31,33,35-39,41,43-45H2,1-2H3,(H,55,62)/b18-16+,22-21-,25-24-,34-32+,42-40+. The van der Waals surface area contributed by atoms with Gasteiger partial charge in [-0.2, -0.15) is 0 Å². The van der Waals surface area contributed by atoms with Crippen molar-refractivity contribution >= 4 is 5.91 Å². The SMILES string of the molecule is CCCCCCC/C=C/CC/C=C/CC/C=C/C(O)C(COC1OC(CO)C(O)C(O)C1O)NC(=O)C(O)CCCCCCCCCC/C=C\C/C=C\CCCCCCCCCCC. The molecule has 7 N–H and O–H groups in total. The van der Waals surface area contributed by atoms with Crippen LogP contribution in [-0.4, -0.2) is 98.7 Å². The summed E-state index contributed by atoms with van der Waals surface area (Å²) in [4.78, 5) is 13.1. The van der Waals surface area contributed by atoms with Gasteiger partial charge in [0, 0.05) is 0 Å². The van der Waals surface area contributed by atoms with Crippen molar-refractivity contribution in [2.45, 2.75) is 262 Å². The molecule has 8 unspecified atom stereocenters. The van der Waals surface area contributed by atoms with Crippen molar-refractivity contribution in [1.82, 2.24) is 5.32 Å². The lowest BCUT2D eigenvalue weighted by Gasteiger charge is -2.40. The molecule has 1 aliphatic heterocycles. The molecule has 1 heterocycles. The largest absolute Gasteiger partial charge is 0.394 e. The summed E-state index contributed by atoms with van der Waals surface area (Å²) in [5.74, 6) is -0.637. The Morgan fingerprint density at radius 3 is 1.45 bits per heavy atom. The molecule has 0 saturated carbocycles. The van der Waals surface area contributed by atoms with Crippen molar-refractivity contribution in [2.75, 3.05) is 13.2 Å². The Kier molecular flexibility index (Phi) is 40.6. The first-order chi connectivity index (χ1) is 31.3. The smallest absolute Gasteiger partial charge is 0.249 e. The molecule has 1 fully saturated rings. The van der Waals surface area contributed by atoms with Crippen LogP contribution in [-0.2, 0) is 14.3 Å². The minimum absolute atomic E-state index is 0.292. The topological polar surface area (TPSA) is 169 Å². The van der Waals surface area contributed by atoms with E-state index in [1.807, 2.05) is 6.08 Å². The van der Waals surface area contributed by atoms with Gasteiger partial charge in [-0.05, 0) is 77.0 Å². The maximum absolute atomic E-state index is 13.1. The molecule has 0 aliphatic carbocycles. The van der Waals surface area contributed by atoms with E-state index in [0.29, 0.717) is 19.3 Å². The van der Waals surface area contributed by atoms with Crippen molar-refractivity contribution in [3.63, 3.8) is 0 Å². The highest BCUT2D eigenvalue weighted by Gasteiger charge is 2.44. The first kappa shape index (κ1) is 59.9. The Hall–Kier alpha value is -2.15. The van der Waals surface area contributed by atoms with E-state index in [4.69, 9.17) is 9.47 Å². The Morgan fingerprint density at radius 2 is 0.969 bits per heavy atom. The Bertz CT molecular complexity index is 1200. The summed E-state index contributed by atoms with van der Waals surface area (Å²) >= 11 is 0. The van der Waals surface area contributed by atoms with Crippen LogP contribution in [0.25, 0.3) is 0 Å². The zero-order valence-electron chi connectivity index (χ0n) is 40.6. The highest BCUT2D eigenvalue weighted by Crippen LogP contribution is 2.23. The normalized spacial score (nSPS) is 21.0. The van der Waals surface area contributed by atoms with Gasteiger partial charge >= 0.3 is 0 Å². The van der Waals surface area contributed by atoms with Gasteiger partial charge in [0.15, 0.2) is 6.29 Å². The molecule has 0 spiro atoms. The molecule has 64 heavy (non-hydrogen) atoms. The molecular formula is C54H97NO9. The number of unbranched alkanes of at least 4 members (excludes halogenated alkanes) is 24. The quantitative estimate of drug-likeness (QED) is 0.0233. The molecule has 0 bridgehead atoms. The van der Waals surface area contributed by atoms with Crippen molar-refractivity contribution in [3.05, 3.63) is 60.8 Å². The summed E-state index contributed by atoms with van der Waals surface area (Å²) in [6, 6.07) is -1.01. The van der Waals surface area contributed by atoms with Gasteiger partial charge in [-0.3, -0.25) is 4.79 Å². The second-order valence-electron chi connectivity index (χ2n) is 18.1. The fourth-order valence-corrected chi connectivity index (χ4v) is 7.87. The fourth-order valence-electron chi connectivity index (χ4n) is 7.87. The zero-order valence-corrected chi connectivity index (χ0v) is 40.6. The number of allylic oxidation sites excluding steroid dienone is 9. The Labute approximate surface area is 390 Å². The summed E-state index contributed by atoms with van der Waals surface area (Å²) in [6.45, 7) is 3.57. The lowest BCUT2D eigenvalue weighted by molar-refractivity contribution is -0.302. The van der Waals surface area contributed by atoms with Crippen LogP contribution < -0.4 is 5.32 Å². The molecule has 0 radical (unpaired) electrons. The molecule has 0 aromatic heterocycles. The van der Waals surface area contributed by atoms with Crippen LogP contribution in [0, 0.1) is 0 Å². The lowest BCUT2D eigenvalue weighted by Crippen LogP contribution is -2.60. The Morgan fingerprint density at radius 1 is 0.547 bits per heavy atom. The van der Waals surface area contributed by atoms with Gasteiger partial charge in [0.1, 0.15) is 30.5 Å². The van der Waals surface area contributed by atoms with Crippen LogP contribution >= 0.6 is 0 Å². The summed E-state index contributed by atoms with van der Waals surface area (Å²) in [6.07, 6.45) is 47.4. The third kappa shape index (κ3) is 32.5. The van der Waals surface area contributed by atoms with E-state index in [1.54, 1.807) is 6.08 Å². The minimum Gasteiger partial charge on any atom is -0.394 e. The molecule has 8 atom stereocenters. The molecule has 1 saturated heterocycles. The van der Waals surface area contributed by atoms with E-state index in [2.05, 4.69) is 67.8 Å². The number of carbonyl (C=O) groups excluding carboxylic acids is 1. The number of ether oxygens (including phenoxy) is 2. The maximum Gasteiger partial charge on any atom is 0.249 e. The number of hydrogen-bond acceptors (Lipinski definition) is 9. The first-order valence-corrected chi connectivity index (χ1v) is 26.1. The average Bonchev–Trinajstić information content (AvgIpc) is 3.29. The summed E-state index contributed by atoms with van der Waals surface area (Å²) in [5, 5.41) is 64.8. The number of amides is 1. The lowest BCUT2D eigenvalue weighted by atomic mass is 9.99. The number of aliphatic hydroxyl groups excluding tert-OH is 6. The van der Waals surface area contributed by atoms with E-state index in [1.165, 1.54) is 122 Å². The predicted octanol–water partition coefficient (Wildman–Crippen LogP) is 10.9. The second kappa shape index (κ2) is 43.4. The van der Waals surface area contributed by atoms with E-state index >= 15 is 0 Å². The highest BCUT2D eigenvalue weighted by atomic mass is 16.7. The van der Waals surface area contributed by atoms with Gasteiger partial charge in [-0.1, -0.05) is 197 Å². The number of hydrogen-bond donors (Lipinski definition) is 7. The monoisotopic (exact) mass is 904 g/mol.